The molecular formula is C9H6FNO2. The van der Waals surface area contributed by atoms with E-state index >= 15 is 0 Å². The Morgan fingerprint density at radius 1 is 1.54 bits per heavy atom. The standard InChI is InChI=1S/C9H6FNO2/c1-5(12)9-7-3-2-6(10)4-8(7)13-11-9/h2-4H,1H3. The number of halogens is 1. The number of hydrogen-bond acceptors (Lipinski definition) is 3. The lowest BCUT2D eigenvalue weighted by Gasteiger charge is -1.88. The molecule has 2 rings (SSSR count). The van der Waals surface area contributed by atoms with Gasteiger partial charge in [-0.15, -0.1) is 0 Å². The summed E-state index contributed by atoms with van der Waals surface area (Å²) >= 11 is 0. The predicted octanol–water partition coefficient (Wildman–Crippen LogP) is 2.17. The number of rotatable bonds is 1. The molecule has 13 heavy (non-hydrogen) atoms. The quantitative estimate of drug-likeness (QED) is 0.630. The highest BCUT2D eigenvalue weighted by molar-refractivity contribution is 6.03. The Morgan fingerprint density at radius 3 is 3.00 bits per heavy atom. The van der Waals surface area contributed by atoms with Gasteiger partial charge in [0.1, 0.15) is 5.82 Å². The molecule has 1 aromatic heterocycles. The van der Waals surface area contributed by atoms with Crippen molar-refractivity contribution in [3.8, 4) is 0 Å². The summed E-state index contributed by atoms with van der Waals surface area (Å²) in [5.74, 6) is -0.593. The maximum Gasteiger partial charge on any atom is 0.182 e. The molecule has 0 spiro atoms. The number of carbonyl (C=O) groups is 1. The van der Waals surface area contributed by atoms with Gasteiger partial charge in [0.25, 0.3) is 0 Å². The van der Waals surface area contributed by atoms with E-state index in [0.717, 1.165) is 0 Å². The summed E-state index contributed by atoms with van der Waals surface area (Å²) in [7, 11) is 0. The Morgan fingerprint density at radius 2 is 2.31 bits per heavy atom. The second-order valence-corrected chi connectivity index (χ2v) is 2.73. The number of aromatic nitrogens is 1. The van der Waals surface area contributed by atoms with Crippen molar-refractivity contribution in [2.75, 3.05) is 0 Å². The van der Waals surface area contributed by atoms with Gasteiger partial charge in [-0.05, 0) is 12.1 Å². The van der Waals surface area contributed by atoms with Crippen LogP contribution in [-0.2, 0) is 0 Å². The van der Waals surface area contributed by atoms with Crippen LogP contribution in [0.5, 0.6) is 0 Å². The van der Waals surface area contributed by atoms with E-state index in [1.54, 1.807) is 0 Å². The van der Waals surface area contributed by atoms with Crippen LogP contribution in [0.2, 0.25) is 0 Å². The van der Waals surface area contributed by atoms with Gasteiger partial charge in [-0.1, -0.05) is 5.16 Å². The lowest BCUT2D eigenvalue weighted by atomic mass is 10.2. The van der Waals surface area contributed by atoms with E-state index < -0.39 is 5.82 Å². The molecule has 0 unspecified atom stereocenters. The summed E-state index contributed by atoms with van der Waals surface area (Å²) in [5.41, 5.74) is 0.542. The van der Waals surface area contributed by atoms with Crippen LogP contribution in [0.1, 0.15) is 17.4 Å². The van der Waals surface area contributed by atoms with Crippen LogP contribution in [0.3, 0.4) is 0 Å². The van der Waals surface area contributed by atoms with E-state index in [2.05, 4.69) is 5.16 Å². The van der Waals surface area contributed by atoms with Crippen LogP contribution in [0.15, 0.2) is 22.7 Å². The molecule has 0 saturated carbocycles. The fraction of sp³-hybridized carbons (Fsp3) is 0.111. The summed E-state index contributed by atoms with van der Waals surface area (Å²) in [6, 6.07) is 3.96. The number of nitrogens with zero attached hydrogens (tertiary/aromatic N) is 1. The van der Waals surface area contributed by atoms with Gasteiger partial charge >= 0.3 is 0 Å². The molecule has 4 heteroatoms. The largest absolute Gasteiger partial charge is 0.355 e. The van der Waals surface area contributed by atoms with E-state index in [1.165, 1.54) is 25.1 Å². The van der Waals surface area contributed by atoms with E-state index in [4.69, 9.17) is 4.52 Å². The van der Waals surface area contributed by atoms with Crippen LogP contribution in [-0.4, -0.2) is 10.9 Å². The highest BCUT2D eigenvalue weighted by Crippen LogP contribution is 2.19. The molecule has 0 aliphatic heterocycles. The zero-order chi connectivity index (χ0) is 9.42. The summed E-state index contributed by atoms with van der Waals surface area (Å²) in [5, 5.41) is 4.09. The normalized spacial score (nSPS) is 10.6. The summed E-state index contributed by atoms with van der Waals surface area (Å²) in [4.78, 5) is 11.0. The lowest BCUT2D eigenvalue weighted by molar-refractivity contribution is 0.101. The maximum absolute atomic E-state index is 12.7. The van der Waals surface area contributed by atoms with Crippen LogP contribution >= 0.6 is 0 Å². The van der Waals surface area contributed by atoms with Crippen molar-refractivity contribution in [1.29, 1.82) is 0 Å². The van der Waals surface area contributed by atoms with E-state index in [1.807, 2.05) is 0 Å². The fourth-order valence-corrected chi connectivity index (χ4v) is 1.17. The molecule has 0 bridgehead atoms. The Bertz CT molecular complexity index is 475. The first kappa shape index (κ1) is 7.91. The summed E-state index contributed by atoms with van der Waals surface area (Å²) in [6.45, 7) is 1.39. The molecule has 0 amide bonds. The molecule has 1 heterocycles. The van der Waals surface area contributed by atoms with E-state index in [-0.39, 0.29) is 11.5 Å². The molecule has 0 aliphatic rings. The third-order valence-corrected chi connectivity index (χ3v) is 1.77. The van der Waals surface area contributed by atoms with Crippen molar-refractivity contribution in [3.05, 3.63) is 29.7 Å². The van der Waals surface area contributed by atoms with Crippen molar-refractivity contribution in [2.24, 2.45) is 0 Å². The number of hydrogen-bond donors (Lipinski definition) is 0. The first-order valence-electron chi connectivity index (χ1n) is 3.74. The molecule has 0 saturated heterocycles. The molecule has 2 aromatic rings. The van der Waals surface area contributed by atoms with Gasteiger partial charge in [0.15, 0.2) is 17.1 Å². The minimum Gasteiger partial charge on any atom is -0.355 e. The first-order chi connectivity index (χ1) is 6.18. The predicted molar refractivity (Wildman–Crippen MR) is 44.0 cm³/mol. The van der Waals surface area contributed by atoms with Crippen molar-refractivity contribution in [3.63, 3.8) is 0 Å². The Labute approximate surface area is 73.1 Å². The Hall–Kier alpha value is -1.71. The third kappa shape index (κ3) is 1.20. The number of Topliss-reactive ketones (excluding diaryl/α,β-unsaturated/α-hetero) is 1. The zero-order valence-electron chi connectivity index (χ0n) is 6.87. The van der Waals surface area contributed by atoms with Crippen molar-refractivity contribution < 1.29 is 13.7 Å². The maximum atomic E-state index is 12.7. The fourth-order valence-electron chi connectivity index (χ4n) is 1.17. The molecule has 0 radical (unpaired) electrons. The molecule has 1 aromatic carbocycles. The second-order valence-electron chi connectivity index (χ2n) is 2.73. The minimum atomic E-state index is -0.404. The first-order valence-corrected chi connectivity index (χ1v) is 3.74. The van der Waals surface area contributed by atoms with Gasteiger partial charge in [0, 0.05) is 13.0 Å². The number of carbonyl (C=O) groups excluding carboxylic acids is 1. The number of benzene rings is 1. The number of ketones is 1. The Balaban J connectivity index is 2.76. The topological polar surface area (TPSA) is 43.1 Å². The van der Waals surface area contributed by atoms with Crippen LogP contribution < -0.4 is 0 Å². The second kappa shape index (κ2) is 2.65. The molecule has 3 nitrogen and oxygen atoms in total. The van der Waals surface area contributed by atoms with Crippen molar-refractivity contribution >= 4 is 16.8 Å². The van der Waals surface area contributed by atoms with Crippen molar-refractivity contribution in [1.82, 2.24) is 5.16 Å². The van der Waals surface area contributed by atoms with Crippen LogP contribution in [0.25, 0.3) is 11.0 Å². The van der Waals surface area contributed by atoms with Gasteiger partial charge < -0.3 is 4.52 Å². The monoisotopic (exact) mass is 179 g/mol. The molecule has 0 aliphatic carbocycles. The summed E-state index contributed by atoms with van der Waals surface area (Å²) in [6.07, 6.45) is 0. The van der Waals surface area contributed by atoms with Gasteiger partial charge in [-0.3, -0.25) is 4.79 Å². The van der Waals surface area contributed by atoms with E-state index in [0.29, 0.717) is 11.0 Å². The average molecular weight is 179 g/mol. The van der Waals surface area contributed by atoms with Gasteiger partial charge in [0.05, 0.1) is 5.39 Å². The van der Waals surface area contributed by atoms with Gasteiger partial charge in [-0.2, -0.15) is 0 Å². The lowest BCUT2D eigenvalue weighted by Crippen LogP contribution is -1.91. The van der Waals surface area contributed by atoms with Crippen LogP contribution in [0.4, 0.5) is 4.39 Å². The third-order valence-electron chi connectivity index (χ3n) is 1.77. The van der Waals surface area contributed by atoms with Crippen molar-refractivity contribution in [2.45, 2.75) is 6.92 Å². The summed E-state index contributed by atoms with van der Waals surface area (Å²) < 4.78 is 17.5. The Kier molecular flexibility index (Phi) is 1.62. The molecular weight excluding hydrogens is 173 g/mol. The molecule has 66 valence electrons. The molecule has 0 fully saturated rings. The SMILES string of the molecule is CC(=O)c1noc2cc(F)ccc12. The number of fused-ring (bicyclic) bond motifs is 1. The minimum absolute atomic E-state index is 0.189. The average Bonchev–Trinajstić information content (AvgIpc) is 2.46. The van der Waals surface area contributed by atoms with Gasteiger partial charge in [0.2, 0.25) is 0 Å². The highest BCUT2D eigenvalue weighted by atomic mass is 19.1. The zero-order valence-corrected chi connectivity index (χ0v) is 6.87. The van der Waals surface area contributed by atoms with Gasteiger partial charge in [-0.25, -0.2) is 4.39 Å². The van der Waals surface area contributed by atoms with E-state index in [9.17, 15) is 9.18 Å². The smallest absolute Gasteiger partial charge is 0.182 e. The highest BCUT2D eigenvalue weighted by Gasteiger charge is 2.11. The van der Waals surface area contributed by atoms with Crippen LogP contribution in [0, 0.1) is 5.82 Å². The molecule has 0 N–H and O–H groups in total. The molecule has 0 atom stereocenters.